The average molecular weight is 360 g/mol. The van der Waals surface area contributed by atoms with Crippen molar-refractivity contribution < 1.29 is 13.2 Å². The number of nitrogens with zero attached hydrogens (tertiary/aromatic N) is 3. The number of carbonyl (C=O) groups excluding carboxylic acids is 1. The molecule has 1 amide bonds. The Morgan fingerprint density at radius 3 is 2.32 bits per heavy atom. The Morgan fingerprint density at radius 1 is 1.00 bits per heavy atom. The molecule has 0 unspecified atom stereocenters. The minimum atomic E-state index is -3.67. The molecule has 0 atom stereocenters. The SMILES string of the molecule is O=C(CNS(=O)(=O)c1ccccc1)N1CCN(c2ccccn2)CC1. The second-order valence-corrected chi connectivity index (χ2v) is 7.46. The van der Waals surface area contributed by atoms with Gasteiger partial charge in [-0.15, -0.1) is 0 Å². The Morgan fingerprint density at radius 2 is 1.68 bits per heavy atom. The number of piperazine rings is 1. The summed E-state index contributed by atoms with van der Waals surface area (Å²) in [7, 11) is -3.67. The summed E-state index contributed by atoms with van der Waals surface area (Å²) in [5.41, 5.74) is 0. The molecule has 1 saturated heterocycles. The van der Waals surface area contributed by atoms with Crippen molar-refractivity contribution in [3.8, 4) is 0 Å². The van der Waals surface area contributed by atoms with Gasteiger partial charge in [-0.25, -0.2) is 18.1 Å². The zero-order valence-electron chi connectivity index (χ0n) is 13.7. The summed E-state index contributed by atoms with van der Waals surface area (Å²) >= 11 is 0. The van der Waals surface area contributed by atoms with E-state index < -0.39 is 10.0 Å². The summed E-state index contributed by atoms with van der Waals surface area (Å²) in [5.74, 6) is 0.666. The van der Waals surface area contributed by atoms with E-state index in [0.29, 0.717) is 26.2 Å². The van der Waals surface area contributed by atoms with Gasteiger partial charge in [0.1, 0.15) is 5.82 Å². The average Bonchev–Trinajstić information content (AvgIpc) is 2.68. The predicted octanol–water partition coefficient (Wildman–Crippen LogP) is 0.709. The summed E-state index contributed by atoms with van der Waals surface area (Å²) in [6.07, 6.45) is 1.74. The van der Waals surface area contributed by atoms with Crippen LogP contribution in [0.15, 0.2) is 59.6 Å². The van der Waals surface area contributed by atoms with Crippen molar-refractivity contribution in [2.45, 2.75) is 4.90 Å². The summed E-state index contributed by atoms with van der Waals surface area (Å²) < 4.78 is 26.7. The number of benzene rings is 1. The Kier molecular flexibility index (Phi) is 5.30. The van der Waals surface area contributed by atoms with E-state index in [1.807, 2.05) is 18.2 Å². The van der Waals surface area contributed by atoms with Crippen LogP contribution in [0.1, 0.15) is 0 Å². The molecule has 132 valence electrons. The molecule has 1 aromatic carbocycles. The number of amides is 1. The molecular formula is C17H20N4O3S. The van der Waals surface area contributed by atoms with E-state index in [2.05, 4.69) is 14.6 Å². The zero-order valence-corrected chi connectivity index (χ0v) is 14.5. The van der Waals surface area contributed by atoms with Crippen molar-refractivity contribution in [3.63, 3.8) is 0 Å². The van der Waals surface area contributed by atoms with Crippen LogP contribution in [0.2, 0.25) is 0 Å². The standard InChI is InChI=1S/C17H20N4O3S/c22-17(14-19-25(23,24)15-6-2-1-3-7-15)21-12-10-20(11-13-21)16-8-4-5-9-18-16/h1-9,19H,10-14H2. The Bertz CT molecular complexity index is 804. The maximum atomic E-state index is 12.3. The number of aromatic nitrogens is 1. The number of carbonyl (C=O) groups is 1. The van der Waals surface area contributed by atoms with Crippen LogP contribution in [0.4, 0.5) is 5.82 Å². The zero-order chi connectivity index (χ0) is 17.7. The van der Waals surface area contributed by atoms with Crippen molar-refractivity contribution in [2.75, 3.05) is 37.6 Å². The molecule has 1 aromatic heterocycles. The van der Waals surface area contributed by atoms with E-state index in [9.17, 15) is 13.2 Å². The second-order valence-electron chi connectivity index (χ2n) is 5.69. The highest BCUT2D eigenvalue weighted by Gasteiger charge is 2.23. The van der Waals surface area contributed by atoms with Gasteiger partial charge in [-0.3, -0.25) is 4.79 Å². The fourth-order valence-electron chi connectivity index (χ4n) is 2.68. The quantitative estimate of drug-likeness (QED) is 0.849. The smallest absolute Gasteiger partial charge is 0.241 e. The third-order valence-corrected chi connectivity index (χ3v) is 5.49. The number of anilines is 1. The van der Waals surface area contributed by atoms with Crippen LogP contribution in [-0.2, 0) is 14.8 Å². The molecule has 7 nitrogen and oxygen atoms in total. The lowest BCUT2D eigenvalue weighted by Gasteiger charge is -2.35. The van der Waals surface area contributed by atoms with Gasteiger partial charge in [0.25, 0.3) is 0 Å². The molecule has 2 heterocycles. The number of rotatable bonds is 5. The Labute approximate surface area is 147 Å². The minimum Gasteiger partial charge on any atom is -0.353 e. The van der Waals surface area contributed by atoms with Crippen molar-refractivity contribution >= 4 is 21.7 Å². The number of hydrogen-bond acceptors (Lipinski definition) is 5. The Hall–Kier alpha value is -2.45. The monoisotopic (exact) mass is 360 g/mol. The first-order chi connectivity index (χ1) is 12.1. The molecule has 0 aliphatic carbocycles. The molecule has 8 heteroatoms. The fraction of sp³-hybridized carbons (Fsp3) is 0.294. The van der Waals surface area contributed by atoms with Crippen LogP contribution >= 0.6 is 0 Å². The maximum absolute atomic E-state index is 12.3. The number of hydrogen-bond donors (Lipinski definition) is 1. The molecule has 1 aliphatic heterocycles. The van der Waals surface area contributed by atoms with Gasteiger partial charge in [0.05, 0.1) is 11.4 Å². The molecule has 25 heavy (non-hydrogen) atoms. The molecule has 2 aromatic rings. The maximum Gasteiger partial charge on any atom is 0.241 e. The van der Waals surface area contributed by atoms with Gasteiger partial charge in [-0.1, -0.05) is 24.3 Å². The fourth-order valence-corrected chi connectivity index (χ4v) is 3.67. The van der Waals surface area contributed by atoms with Gasteiger partial charge < -0.3 is 9.80 Å². The van der Waals surface area contributed by atoms with Gasteiger partial charge in [-0.2, -0.15) is 0 Å². The van der Waals surface area contributed by atoms with E-state index in [0.717, 1.165) is 5.82 Å². The van der Waals surface area contributed by atoms with Crippen molar-refractivity contribution in [2.24, 2.45) is 0 Å². The topological polar surface area (TPSA) is 82.6 Å². The summed E-state index contributed by atoms with van der Waals surface area (Å²) in [6, 6.07) is 13.8. The van der Waals surface area contributed by atoms with Crippen LogP contribution in [-0.4, -0.2) is 56.9 Å². The van der Waals surface area contributed by atoms with E-state index in [1.165, 1.54) is 12.1 Å². The van der Waals surface area contributed by atoms with Gasteiger partial charge in [0, 0.05) is 32.4 Å². The highest BCUT2D eigenvalue weighted by molar-refractivity contribution is 7.89. The van der Waals surface area contributed by atoms with Crippen LogP contribution in [0.5, 0.6) is 0 Å². The van der Waals surface area contributed by atoms with E-state index in [-0.39, 0.29) is 17.3 Å². The Balaban J connectivity index is 1.52. The molecule has 0 saturated carbocycles. The molecule has 0 bridgehead atoms. The van der Waals surface area contributed by atoms with Gasteiger partial charge in [-0.05, 0) is 24.3 Å². The largest absolute Gasteiger partial charge is 0.353 e. The van der Waals surface area contributed by atoms with Gasteiger partial charge in [0.15, 0.2) is 0 Å². The molecule has 1 N–H and O–H groups in total. The lowest BCUT2D eigenvalue weighted by Crippen LogP contribution is -2.51. The number of nitrogens with one attached hydrogen (secondary N) is 1. The molecule has 1 fully saturated rings. The van der Waals surface area contributed by atoms with Crippen molar-refractivity contribution in [1.82, 2.24) is 14.6 Å². The van der Waals surface area contributed by atoms with E-state index in [4.69, 9.17) is 0 Å². The first-order valence-corrected chi connectivity index (χ1v) is 9.53. The highest BCUT2D eigenvalue weighted by Crippen LogP contribution is 2.12. The van der Waals surface area contributed by atoms with Crippen LogP contribution in [0.25, 0.3) is 0 Å². The second kappa shape index (κ2) is 7.62. The van der Waals surface area contributed by atoms with Crippen LogP contribution in [0.3, 0.4) is 0 Å². The summed E-state index contributed by atoms with van der Waals surface area (Å²) in [5, 5.41) is 0. The molecule has 1 aliphatic rings. The van der Waals surface area contributed by atoms with Crippen molar-refractivity contribution in [3.05, 3.63) is 54.7 Å². The van der Waals surface area contributed by atoms with E-state index >= 15 is 0 Å². The van der Waals surface area contributed by atoms with Crippen LogP contribution < -0.4 is 9.62 Å². The molecule has 0 spiro atoms. The lowest BCUT2D eigenvalue weighted by atomic mass is 10.3. The third-order valence-electron chi connectivity index (χ3n) is 4.07. The van der Waals surface area contributed by atoms with Crippen molar-refractivity contribution in [1.29, 1.82) is 0 Å². The first kappa shape index (κ1) is 17.4. The van der Waals surface area contributed by atoms with Gasteiger partial charge >= 0.3 is 0 Å². The number of sulfonamides is 1. The van der Waals surface area contributed by atoms with E-state index in [1.54, 1.807) is 29.3 Å². The molecular weight excluding hydrogens is 340 g/mol. The normalized spacial score (nSPS) is 15.2. The summed E-state index contributed by atoms with van der Waals surface area (Å²) in [6.45, 7) is 2.20. The molecule has 0 radical (unpaired) electrons. The van der Waals surface area contributed by atoms with Crippen LogP contribution in [0, 0.1) is 0 Å². The third kappa shape index (κ3) is 4.34. The number of pyridine rings is 1. The molecule has 3 rings (SSSR count). The van der Waals surface area contributed by atoms with Gasteiger partial charge in [0.2, 0.25) is 15.9 Å². The summed E-state index contributed by atoms with van der Waals surface area (Å²) in [4.78, 5) is 20.5. The highest BCUT2D eigenvalue weighted by atomic mass is 32.2. The predicted molar refractivity (Wildman–Crippen MR) is 94.7 cm³/mol. The minimum absolute atomic E-state index is 0.155. The first-order valence-electron chi connectivity index (χ1n) is 8.05. The lowest BCUT2D eigenvalue weighted by molar-refractivity contribution is -0.130.